The molecule has 0 aliphatic carbocycles. The molecule has 1 N–H and O–H groups in total. The minimum atomic E-state index is -4.80. The van der Waals surface area contributed by atoms with E-state index in [2.05, 4.69) is 15.0 Å². The van der Waals surface area contributed by atoms with Crippen molar-refractivity contribution in [2.45, 2.75) is 25.3 Å². The number of methoxy groups -OCH3 is 2. The second-order valence-corrected chi connectivity index (χ2v) is 8.43. The van der Waals surface area contributed by atoms with Crippen LogP contribution in [0.25, 0.3) is 10.2 Å². The molecule has 1 atom stereocenters. The monoisotopic (exact) mass is 497 g/mol. The van der Waals surface area contributed by atoms with Crippen LogP contribution in [-0.2, 0) is 4.74 Å². The highest BCUT2D eigenvalue weighted by Gasteiger charge is 2.31. The van der Waals surface area contributed by atoms with Gasteiger partial charge in [0.2, 0.25) is 0 Å². The fourth-order valence-corrected chi connectivity index (χ4v) is 4.55. The van der Waals surface area contributed by atoms with E-state index in [4.69, 9.17) is 14.2 Å². The number of rotatable bonds is 7. The van der Waals surface area contributed by atoms with Crippen molar-refractivity contribution >= 4 is 38.4 Å². The Hall–Kier alpha value is -3.25. The van der Waals surface area contributed by atoms with E-state index < -0.39 is 12.4 Å². The van der Waals surface area contributed by atoms with E-state index in [0.29, 0.717) is 39.1 Å². The summed E-state index contributed by atoms with van der Waals surface area (Å²) < 4.78 is 58.4. The van der Waals surface area contributed by atoms with Crippen LogP contribution >= 0.6 is 11.3 Å². The Morgan fingerprint density at radius 3 is 2.68 bits per heavy atom. The minimum Gasteiger partial charge on any atom is -0.493 e. The third-order valence-electron chi connectivity index (χ3n) is 5.10. The summed E-state index contributed by atoms with van der Waals surface area (Å²) in [6.45, 7) is 0.846. The van der Waals surface area contributed by atoms with Crippen LogP contribution in [0.4, 0.5) is 28.8 Å². The van der Waals surface area contributed by atoms with E-state index in [0.717, 1.165) is 24.2 Å². The molecule has 12 heteroatoms. The third kappa shape index (κ3) is 5.62. The van der Waals surface area contributed by atoms with Crippen LogP contribution < -0.4 is 24.4 Å². The summed E-state index contributed by atoms with van der Waals surface area (Å²) in [5.41, 5.74) is 0.924. The number of carbonyl (C=O) groups is 1. The molecule has 4 rings (SSSR count). The van der Waals surface area contributed by atoms with Gasteiger partial charge in [-0.15, -0.1) is 13.2 Å². The highest BCUT2D eigenvalue weighted by Crippen LogP contribution is 2.35. The number of nitrogens with zero attached hydrogens (tertiary/aromatic N) is 2. The van der Waals surface area contributed by atoms with Gasteiger partial charge in [-0.3, -0.25) is 4.90 Å². The Morgan fingerprint density at radius 2 is 2.00 bits per heavy atom. The molecule has 8 nitrogen and oxygen atoms in total. The van der Waals surface area contributed by atoms with Gasteiger partial charge in [0.1, 0.15) is 5.75 Å². The quantitative estimate of drug-likeness (QED) is 0.469. The molecule has 2 amide bonds. The van der Waals surface area contributed by atoms with Crippen molar-refractivity contribution in [3.05, 3.63) is 36.4 Å². The predicted molar refractivity (Wildman–Crippen MR) is 121 cm³/mol. The molecule has 1 aliphatic rings. The highest BCUT2D eigenvalue weighted by atomic mass is 32.1. The zero-order valence-electron chi connectivity index (χ0n) is 18.3. The molecule has 1 unspecified atom stereocenters. The first-order valence-electron chi connectivity index (χ1n) is 10.3. The van der Waals surface area contributed by atoms with E-state index in [1.54, 1.807) is 18.2 Å². The minimum absolute atomic E-state index is 0.174. The Balaban J connectivity index is 1.61. The van der Waals surface area contributed by atoms with Crippen LogP contribution in [-0.4, -0.2) is 50.9 Å². The first-order chi connectivity index (χ1) is 16.3. The number of nitrogens with one attached hydrogen (secondary N) is 1. The van der Waals surface area contributed by atoms with Crippen molar-refractivity contribution in [2.75, 3.05) is 37.6 Å². The summed E-state index contributed by atoms with van der Waals surface area (Å²) in [5.74, 6) is 0.610. The molecule has 0 bridgehead atoms. The Kier molecular flexibility index (Phi) is 6.98. The van der Waals surface area contributed by atoms with Crippen LogP contribution in [0.15, 0.2) is 36.4 Å². The number of alkyl halides is 3. The number of hydrogen-bond donors (Lipinski definition) is 1. The van der Waals surface area contributed by atoms with Gasteiger partial charge in [0, 0.05) is 24.4 Å². The van der Waals surface area contributed by atoms with Gasteiger partial charge in [-0.05, 0) is 37.1 Å². The number of carbonyl (C=O) groups excluding carboxylic acids is 1. The SMILES string of the molecule is COc1ccc(NC(=O)N(CC2CCCO2)c2nc3ccc(OC(F)(F)F)cc3s2)cc1OC. The van der Waals surface area contributed by atoms with Crippen molar-refractivity contribution < 1.29 is 36.9 Å². The number of aromatic nitrogens is 1. The molecule has 182 valence electrons. The third-order valence-corrected chi connectivity index (χ3v) is 6.14. The van der Waals surface area contributed by atoms with Gasteiger partial charge < -0.3 is 24.3 Å². The fourth-order valence-electron chi connectivity index (χ4n) is 3.55. The molecule has 3 aromatic rings. The van der Waals surface area contributed by atoms with Crippen LogP contribution in [0.3, 0.4) is 0 Å². The molecule has 0 radical (unpaired) electrons. The molecule has 2 heterocycles. The van der Waals surface area contributed by atoms with E-state index >= 15 is 0 Å². The number of amides is 2. The molecule has 2 aromatic carbocycles. The lowest BCUT2D eigenvalue weighted by Crippen LogP contribution is -2.40. The zero-order valence-corrected chi connectivity index (χ0v) is 19.2. The Bertz CT molecular complexity index is 1160. The lowest BCUT2D eigenvalue weighted by molar-refractivity contribution is -0.274. The normalized spacial score (nSPS) is 15.9. The fraction of sp³-hybridized carbons (Fsp3) is 0.364. The summed E-state index contributed by atoms with van der Waals surface area (Å²) in [5, 5.41) is 3.14. The van der Waals surface area contributed by atoms with Gasteiger partial charge in [-0.1, -0.05) is 11.3 Å². The van der Waals surface area contributed by atoms with Crippen LogP contribution in [0.5, 0.6) is 17.2 Å². The molecule has 1 saturated heterocycles. The summed E-state index contributed by atoms with van der Waals surface area (Å²) in [4.78, 5) is 19.2. The van der Waals surface area contributed by atoms with Crippen LogP contribution in [0.2, 0.25) is 0 Å². The van der Waals surface area contributed by atoms with Gasteiger partial charge in [-0.2, -0.15) is 0 Å². The Morgan fingerprint density at radius 1 is 1.21 bits per heavy atom. The Labute approximate surface area is 197 Å². The molecule has 34 heavy (non-hydrogen) atoms. The summed E-state index contributed by atoms with van der Waals surface area (Å²) in [7, 11) is 3.00. The summed E-state index contributed by atoms with van der Waals surface area (Å²) in [6, 6.07) is 8.36. The van der Waals surface area contributed by atoms with Gasteiger partial charge in [0.15, 0.2) is 16.6 Å². The van der Waals surface area contributed by atoms with Crippen molar-refractivity contribution in [1.29, 1.82) is 0 Å². The molecule has 1 aromatic heterocycles. The van der Waals surface area contributed by atoms with Gasteiger partial charge in [0.25, 0.3) is 0 Å². The molecule has 0 spiro atoms. The summed E-state index contributed by atoms with van der Waals surface area (Å²) >= 11 is 1.09. The zero-order chi connectivity index (χ0) is 24.3. The standard InChI is InChI=1S/C22H22F3N3O5S/c1-30-17-8-5-13(10-18(17)31-2)26-20(29)28(12-15-4-3-9-32-15)21-27-16-7-6-14(11-19(16)34-21)33-22(23,24)25/h5-8,10-11,15H,3-4,9,12H2,1-2H3,(H,26,29). The first-order valence-corrected chi connectivity index (χ1v) is 11.2. The van der Waals surface area contributed by atoms with Crippen LogP contribution in [0, 0.1) is 0 Å². The van der Waals surface area contributed by atoms with Crippen molar-refractivity contribution in [1.82, 2.24) is 4.98 Å². The van der Waals surface area contributed by atoms with Gasteiger partial charge in [-0.25, -0.2) is 9.78 Å². The molecule has 0 saturated carbocycles. The van der Waals surface area contributed by atoms with E-state index in [1.807, 2.05) is 0 Å². The second kappa shape index (κ2) is 9.94. The number of urea groups is 1. The second-order valence-electron chi connectivity index (χ2n) is 7.42. The first kappa shape index (κ1) is 23.9. The predicted octanol–water partition coefficient (Wildman–Crippen LogP) is 5.43. The van der Waals surface area contributed by atoms with Gasteiger partial charge in [0.05, 0.1) is 37.1 Å². The lowest BCUT2D eigenvalue weighted by Gasteiger charge is -2.23. The maximum atomic E-state index is 13.3. The average molecular weight is 497 g/mol. The molecular formula is C22H22F3N3O5S. The highest BCUT2D eigenvalue weighted by molar-refractivity contribution is 7.22. The van der Waals surface area contributed by atoms with Gasteiger partial charge >= 0.3 is 12.4 Å². The van der Waals surface area contributed by atoms with Crippen LogP contribution in [0.1, 0.15) is 12.8 Å². The smallest absolute Gasteiger partial charge is 0.493 e. The lowest BCUT2D eigenvalue weighted by atomic mass is 10.2. The van der Waals surface area contributed by atoms with E-state index in [1.165, 1.54) is 37.3 Å². The van der Waals surface area contributed by atoms with Crippen molar-refractivity contribution in [2.24, 2.45) is 0 Å². The maximum absolute atomic E-state index is 13.3. The largest absolute Gasteiger partial charge is 0.573 e. The number of anilines is 2. The number of ether oxygens (including phenoxy) is 4. The number of fused-ring (bicyclic) bond motifs is 1. The topological polar surface area (TPSA) is 82.2 Å². The maximum Gasteiger partial charge on any atom is 0.573 e. The number of thiazole rings is 1. The number of halogens is 3. The van der Waals surface area contributed by atoms with E-state index in [-0.39, 0.29) is 18.4 Å². The average Bonchev–Trinajstić information content (AvgIpc) is 3.45. The molecular weight excluding hydrogens is 475 g/mol. The number of hydrogen-bond acceptors (Lipinski definition) is 7. The number of benzene rings is 2. The van der Waals surface area contributed by atoms with Crippen molar-refractivity contribution in [3.63, 3.8) is 0 Å². The summed E-state index contributed by atoms with van der Waals surface area (Å²) in [6.07, 6.45) is -3.30. The van der Waals surface area contributed by atoms with E-state index in [9.17, 15) is 18.0 Å². The molecule has 1 fully saturated rings. The van der Waals surface area contributed by atoms with Crippen molar-refractivity contribution in [3.8, 4) is 17.2 Å². The molecule has 1 aliphatic heterocycles.